The van der Waals surface area contributed by atoms with E-state index in [-0.39, 0.29) is 17.7 Å². The molecule has 4 unspecified atom stereocenters. The van der Waals surface area contributed by atoms with Crippen molar-refractivity contribution in [3.8, 4) is 6.07 Å². The van der Waals surface area contributed by atoms with Crippen LogP contribution in [-0.4, -0.2) is 17.0 Å². The van der Waals surface area contributed by atoms with Crippen molar-refractivity contribution in [3.63, 3.8) is 0 Å². The first-order valence-electron chi connectivity index (χ1n) is 8.22. The molecule has 0 spiro atoms. The summed E-state index contributed by atoms with van der Waals surface area (Å²) in [6.45, 7) is 3.91. The van der Waals surface area contributed by atoms with Crippen molar-refractivity contribution in [2.24, 2.45) is 23.7 Å². The van der Waals surface area contributed by atoms with Crippen LogP contribution >= 0.6 is 11.3 Å². The lowest BCUT2D eigenvalue weighted by atomic mass is 9.62. The molecule has 2 bridgehead atoms. The quantitative estimate of drug-likeness (QED) is 0.820. The van der Waals surface area contributed by atoms with Gasteiger partial charge in [-0.3, -0.25) is 9.59 Å². The molecule has 0 radical (unpaired) electrons. The molecule has 1 fully saturated rings. The molecule has 1 saturated carbocycles. The summed E-state index contributed by atoms with van der Waals surface area (Å²) in [5.41, 5.74) is 1.47. The van der Waals surface area contributed by atoms with E-state index in [1.165, 1.54) is 11.3 Å². The maximum atomic E-state index is 12.8. The van der Waals surface area contributed by atoms with Crippen LogP contribution in [0.2, 0.25) is 0 Å². The normalized spacial score (nSPS) is 27.7. The van der Waals surface area contributed by atoms with Crippen LogP contribution in [0.15, 0.2) is 12.2 Å². The van der Waals surface area contributed by atoms with Crippen molar-refractivity contribution < 1.29 is 14.7 Å². The number of anilines is 1. The summed E-state index contributed by atoms with van der Waals surface area (Å²) >= 11 is 1.39. The lowest BCUT2D eigenvalue weighted by Gasteiger charge is -2.41. The van der Waals surface area contributed by atoms with E-state index in [4.69, 9.17) is 0 Å². The monoisotopic (exact) mass is 344 g/mol. The van der Waals surface area contributed by atoms with Crippen LogP contribution in [0.3, 0.4) is 0 Å². The van der Waals surface area contributed by atoms with E-state index in [9.17, 15) is 20.0 Å². The van der Waals surface area contributed by atoms with Crippen molar-refractivity contribution >= 4 is 28.2 Å². The number of thiophene rings is 1. The van der Waals surface area contributed by atoms with Gasteiger partial charge in [-0.15, -0.1) is 11.3 Å². The van der Waals surface area contributed by atoms with Gasteiger partial charge >= 0.3 is 5.97 Å². The summed E-state index contributed by atoms with van der Waals surface area (Å²) in [5.74, 6) is -2.53. The fraction of sp³-hybridized carbons (Fsp3) is 0.500. The number of allylic oxidation sites excluding steroid dienone is 2. The third-order valence-electron chi connectivity index (χ3n) is 5.25. The SMILES string of the molecule is CCc1c(C)sc(NC(=O)C2C3C=CC(CC3)C2C(=O)O)c1C#N. The molecule has 1 aromatic rings. The number of fused-ring (bicyclic) bond motifs is 2. The van der Waals surface area contributed by atoms with Gasteiger partial charge in [-0.2, -0.15) is 5.26 Å². The molecule has 4 rings (SSSR count). The molecule has 0 aromatic carbocycles. The van der Waals surface area contributed by atoms with Crippen molar-refractivity contribution in [1.82, 2.24) is 0 Å². The van der Waals surface area contributed by atoms with Crippen molar-refractivity contribution in [1.29, 1.82) is 5.26 Å². The predicted molar refractivity (Wildman–Crippen MR) is 91.7 cm³/mol. The van der Waals surface area contributed by atoms with E-state index in [1.54, 1.807) is 0 Å². The third kappa shape index (κ3) is 2.63. The van der Waals surface area contributed by atoms with Crippen LogP contribution in [-0.2, 0) is 16.0 Å². The smallest absolute Gasteiger partial charge is 0.307 e. The summed E-state index contributed by atoms with van der Waals surface area (Å²) in [5, 5.41) is 22.4. The second-order valence-electron chi connectivity index (χ2n) is 6.48. The van der Waals surface area contributed by atoms with Gasteiger partial charge < -0.3 is 10.4 Å². The van der Waals surface area contributed by atoms with Crippen LogP contribution in [0.5, 0.6) is 0 Å². The van der Waals surface area contributed by atoms with E-state index >= 15 is 0 Å². The molecule has 1 aromatic heterocycles. The van der Waals surface area contributed by atoms with E-state index in [2.05, 4.69) is 11.4 Å². The summed E-state index contributed by atoms with van der Waals surface area (Å²) in [4.78, 5) is 25.5. The number of aliphatic carboxylic acids is 1. The number of nitrogens with one attached hydrogen (secondary N) is 1. The molecule has 24 heavy (non-hydrogen) atoms. The van der Waals surface area contributed by atoms with Gasteiger partial charge in [0, 0.05) is 4.88 Å². The average Bonchev–Trinajstić information content (AvgIpc) is 2.88. The lowest BCUT2D eigenvalue weighted by Crippen LogP contribution is -2.47. The number of hydrogen-bond acceptors (Lipinski definition) is 4. The second-order valence-corrected chi connectivity index (χ2v) is 7.70. The van der Waals surface area contributed by atoms with E-state index < -0.39 is 17.8 Å². The molecule has 2 N–H and O–H groups in total. The van der Waals surface area contributed by atoms with Crippen molar-refractivity contribution in [2.75, 3.05) is 5.32 Å². The molecule has 126 valence electrons. The topological polar surface area (TPSA) is 90.2 Å². The summed E-state index contributed by atoms with van der Waals surface area (Å²) in [7, 11) is 0. The Hall–Kier alpha value is -2.13. The fourth-order valence-corrected chi connectivity index (χ4v) is 5.19. The highest BCUT2D eigenvalue weighted by molar-refractivity contribution is 7.16. The Balaban J connectivity index is 1.89. The fourth-order valence-electron chi connectivity index (χ4n) is 4.09. The largest absolute Gasteiger partial charge is 0.481 e. The first-order chi connectivity index (χ1) is 11.5. The number of carbonyl (C=O) groups is 2. The van der Waals surface area contributed by atoms with Gasteiger partial charge in [0.2, 0.25) is 5.91 Å². The van der Waals surface area contributed by atoms with Crippen molar-refractivity contribution in [2.45, 2.75) is 33.1 Å². The molecule has 6 heteroatoms. The zero-order valence-electron chi connectivity index (χ0n) is 13.7. The number of nitriles is 1. The molecule has 4 atom stereocenters. The lowest BCUT2D eigenvalue weighted by molar-refractivity contribution is -0.151. The Morgan fingerprint density at radius 3 is 2.46 bits per heavy atom. The molecule has 5 nitrogen and oxygen atoms in total. The highest BCUT2D eigenvalue weighted by atomic mass is 32.1. The molecule has 3 aliphatic carbocycles. The minimum absolute atomic E-state index is 0.0339. The van der Waals surface area contributed by atoms with Gasteiger partial charge in [0.25, 0.3) is 0 Å². The molecular weight excluding hydrogens is 324 g/mol. The zero-order chi connectivity index (χ0) is 17.4. The standard InChI is InChI=1S/C18H20N2O3S/c1-3-12-9(2)24-17(13(12)8-19)20-16(21)14-10-4-6-11(7-5-10)15(14)18(22)23/h4,6,10-11,14-15H,3,5,7H2,1-2H3,(H,20,21)(H,22,23). The van der Waals surface area contributed by atoms with Crippen LogP contribution in [0.4, 0.5) is 5.00 Å². The first-order valence-corrected chi connectivity index (χ1v) is 9.03. The van der Waals surface area contributed by atoms with Gasteiger partial charge in [-0.25, -0.2) is 0 Å². The summed E-state index contributed by atoms with van der Waals surface area (Å²) in [6.07, 6.45) is 6.33. The number of carboxylic acids is 1. The van der Waals surface area contributed by atoms with Gasteiger partial charge in [-0.1, -0.05) is 19.1 Å². The molecule has 0 aliphatic heterocycles. The molecule has 1 heterocycles. The minimum atomic E-state index is -0.911. The Kier molecular flexibility index (Phi) is 4.46. The highest BCUT2D eigenvalue weighted by Crippen LogP contribution is 2.46. The molecule has 0 saturated heterocycles. The van der Waals surface area contributed by atoms with E-state index in [0.29, 0.717) is 10.6 Å². The van der Waals surface area contributed by atoms with Crippen LogP contribution in [0, 0.1) is 41.9 Å². The zero-order valence-corrected chi connectivity index (χ0v) is 14.5. The Morgan fingerprint density at radius 2 is 1.96 bits per heavy atom. The Bertz CT molecular complexity index is 759. The number of nitrogens with zero attached hydrogens (tertiary/aromatic N) is 1. The third-order valence-corrected chi connectivity index (χ3v) is 6.31. The van der Waals surface area contributed by atoms with Crippen LogP contribution < -0.4 is 5.32 Å². The molecule has 3 aliphatic rings. The first kappa shape index (κ1) is 16.7. The number of carbonyl (C=O) groups excluding carboxylic acids is 1. The molecular formula is C18H20N2O3S. The van der Waals surface area contributed by atoms with E-state index in [0.717, 1.165) is 29.7 Å². The van der Waals surface area contributed by atoms with Crippen LogP contribution in [0.1, 0.15) is 35.8 Å². The number of carboxylic acid groups (broad SMARTS) is 1. The Morgan fingerprint density at radius 1 is 1.33 bits per heavy atom. The second kappa shape index (κ2) is 6.40. The summed E-state index contributed by atoms with van der Waals surface area (Å²) < 4.78 is 0. The van der Waals surface area contributed by atoms with Gasteiger partial charge in [0.15, 0.2) is 0 Å². The van der Waals surface area contributed by atoms with Gasteiger partial charge in [-0.05, 0) is 43.6 Å². The van der Waals surface area contributed by atoms with E-state index in [1.807, 2.05) is 26.0 Å². The maximum absolute atomic E-state index is 12.8. The number of amides is 1. The number of aryl methyl sites for hydroxylation is 1. The number of hydrogen-bond donors (Lipinski definition) is 2. The highest BCUT2D eigenvalue weighted by Gasteiger charge is 2.48. The van der Waals surface area contributed by atoms with Crippen molar-refractivity contribution in [3.05, 3.63) is 28.2 Å². The predicted octanol–water partition coefficient (Wildman–Crippen LogP) is 3.34. The maximum Gasteiger partial charge on any atom is 0.307 e. The molecule has 1 amide bonds. The average molecular weight is 344 g/mol. The van der Waals surface area contributed by atoms with Gasteiger partial charge in [0.1, 0.15) is 11.1 Å². The summed E-state index contributed by atoms with van der Waals surface area (Å²) in [6, 6.07) is 2.18. The Labute approximate surface area is 145 Å². The minimum Gasteiger partial charge on any atom is -0.481 e. The number of rotatable bonds is 4. The van der Waals surface area contributed by atoms with Gasteiger partial charge in [0.05, 0.1) is 17.4 Å². The van der Waals surface area contributed by atoms with Crippen LogP contribution in [0.25, 0.3) is 0 Å².